The Labute approximate surface area is 79.1 Å². The molecule has 0 aliphatic rings. The lowest BCUT2D eigenvalue weighted by Crippen LogP contribution is -2.18. The van der Waals surface area contributed by atoms with Crippen molar-refractivity contribution in [1.29, 1.82) is 0 Å². The van der Waals surface area contributed by atoms with Gasteiger partial charge in [0.2, 0.25) is 0 Å². The van der Waals surface area contributed by atoms with Crippen molar-refractivity contribution in [2.75, 3.05) is 5.73 Å². The van der Waals surface area contributed by atoms with Crippen LogP contribution in [0.1, 0.15) is 10.4 Å². The van der Waals surface area contributed by atoms with Crippen LogP contribution in [0.5, 0.6) is 5.75 Å². The first-order valence-corrected chi connectivity index (χ1v) is 3.61. The van der Waals surface area contributed by atoms with Crippen LogP contribution in [-0.2, 0) is 4.74 Å². The number of nitrogen functional groups attached to an aromatic ring is 1. The molecular weight excluding hydrogens is 188 g/mol. The van der Waals surface area contributed by atoms with Crippen molar-refractivity contribution in [3.63, 3.8) is 0 Å². The number of nitrogens with two attached hydrogens (primary N) is 2. The van der Waals surface area contributed by atoms with Crippen LogP contribution in [0.15, 0.2) is 18.2 Å². The van der Waals surface area contributed by atoms with Gasteiger partial charge in [0.05, 0.1) is 0 Å². The Hall–Kier alpha value is -2.24. The number of hydrogen-bond acceptors (Lipinski definition) is 5. The second kappa shape index (κ2) is 3.65. The van der Waals surface area contributed by atoms with Gasteiger partial charge in [-0.05, 0) is 12.1 Å². The van der Waals surface area contributed by atoms with Gasteiger partial charge in [-0.2, -0.15) is 0 Å². The number of aromatic hydroxyl groups is 1. The van der Waals surface area contributed by atoms with Crippen molar-refractivity contribution in [2.45, 2.75) is 0 Å². The van der Waals surface area contributed by atoms with Gasteiger partial charge in [0.1, 0.15) is 11.3 Å². The fourth-order valence-electron chi connectivity index (χ4n) is 0.868. The van der Waals surface area contributed by atoms with Crippen LogP contribution < -0.4 is 11.5 Å². The van der Waals surface area contributed by atoms with Crippen molar-refractivity contribution in [3.8, 4) is 5.75 Å². The Balaban J connectivity index is 2.96. The molecule has 0 saturated carbocycles. The second-order valence-electron chi connectivity index (χ2n) is 2.49. The number of amides is 1. The van der Waals surface area contributed by atoms with Crippen molar-refractivity contribution >= 4 is 17.7 Å². The fraction of sp³-hybridized carbons (Fsp3) is 0. The minimum Gasteiger partial charge on any atom is -0.507 e. The minimum absolute atomic E-state index is 0.169. The number of benzene rings is 1. The van der Waals surface area contributed by atoms with Crippen LogP contribution in [0.25, 0.3) is 0 Å². The molecule has 0 aliphatic heterocycles. The number of primary amides is 1. The molecule has 0 spiro atoms. The number of hydrogen-bond donors (Lipinski definition) is 3. The Morgan fingerprint density at radius 1 is 1.36 bits per heavy atom. The third kappa shape index (κ3) is 2.13. The van der Waals surface area contributed by atoms with Crippen LogP contribution in [0.4, 0.5) is 10.5 Å². The third-order valence-corrected chi connectivity index (χ3v) is 1.43. The highest BCUT2D eigenvalue weighted by molar-refractivity contribution is 5.98. The monoisotopic (exact) mass is 196 g/mol. The molecule has 0 radical (unpaired) electrons. The van der Waals surface area contributed by atoms with E-state index in [9.17, 15) is 14.7 Å². The number of ether oxygens (including phenoxy) is 1. The molecular formula is C8H8N2O4. The molecule has 0 bridgehead atoms. The van der Waals surface area contributed by atoms with Crippen LogP contribution in [-0.4, -0.2) is 17.2 Å². The lowest BCUT2D eigenvalue weighted by molar-refractivity contribution is 0.0635. The normalized spacial score (nSPS) is 9.43. The lowest BCUT2D eigenvalue weighted by Gasteiger charge is -2.02. The van der Waals surface area contributed by atoms with E-state index in [2.05, 4.69) is 10.5 Å². The maximum Gasteiger partial charge on any atom is 0.412 e. The fourth-order valence-corrected chi connectivity index (χ4v) is 0.868. The number of carbonyl (C=O) groups is 2. The van der Waals surface area contributed by atoms with E-state index >= 15 is 0 Å². The maximum atomic E-state index is 11.1. The van der Waals surface area contributed by atoms with Gasteiger partial charge in [-0.1, -0.05) is 0 Å². The third-order valence-electron chi connectivity index (χ3n) is 1.43. The van der Waals surface area contributed by atoms with E-state index in [1.165, 1.54) is 12.1 Å². The first kappa shape index (κ1) is 9.85. The molecule has 1 aromatic rings. The average Bonchev–Trinajstić information content (AvgIpc) is 2.01. The zero-order chi connectivity index (χ0) is 10.7. The summed E-state index contributed by atoms with van der Waals surface area (Å²) in [6.45, 7) is 0. The lowest BCUT2D eigenvalue weighted by atomic mass is 10.2. The first-order chi connectivity index (χ1) is 6.50. The van der Waals surface area contributed by atoms with Gasteiger partial charge in [-0.3, -0.25) is 0 Å². The van der Waals surface area contributed by atoms with Crippen LogP contribution in [0.3, 0.4) is 0 Å². The van der Waals surface area contributed by atoms with E-state index in [-0.39, 0.29) is 17.0 Å². The van der Waals surface area contributed by atoms with Gasteiger partial charge >= 0.3 is 12.1 Å². The van der Waals surface area contributed by atoms with Gasteiger partial charge in [0.25, 0.3) is 0 Å². The molecule has 1 rings (SSSR count). The highest BCUT2D eigenvalue weighted by Gasteiger charge is 2.14. The largest absolute Gasteiger partial charge is 0.507 e. The molecule has 0 heterocycles. The van der Waals surface area contributed by atoms with Gasteiger partial charge < -0.3 is 21.3 Å². The zero-order valence-electron chi connectivity index (χ0n) is 7.06. The van der Waals surface area contributed by atoms with E-state index in [1.807, 2.05) is 0 Å². The Kier molecular flexibility index (Phi) is 2.57. The number of carbonyl (C=O) groups excluding carboxylic acids is 2. The van der Waals surface area contributed by atoms with Crippen molar-refractivity contribution < 1.29 is 19.4 Å². The molecule has 0 atom stereocenters. The molecule has 6 heteroatoms. The second-order valence-corrected chi connectivity index (χ2v) is 2.49. The molecule has 0 saturated heterocycles. The highest BCUT2D eigenvalue weighted by Crippen LogP contribution is 2.20. The van der Waals surface area contributed by atoms with Gasteiger partial charge in [-0.15, -0.1) is 0 Å². The van der Waals surface area contributed by atoms with E-state index in [4.69, 9.17) is 5.73 Å². The SMILES string of the molecule is NC(=O)OC(=O)c1ccc(N)cc1O. The Bertz CT molecular complexity index is 389. The summed E-state index contributed by atoms with van der Waals surface area (Å²) in [6, 6.07) is 3.78. The molecule has 1 aromatic carbocycles. The van der Waals surface area contributed by atoms with E-state index < -0.39 is 12.1 Å². The van der Waals surface area contributed by atoms with E-state index in [0.29, 0.717) is 0 Å². The maximum absolute atomic E-state index is 11.1. The first-order valence-electron chi connectivity index (χ1n) is 3.61. The van der Waals surface area contributed by atoms with Crippen LogP contribution in [0.2, 0.25) is 0 Å². The standard InChI is InChI=1S/C8H8N2O4/c9-4-1-2-5(6(11)3-4)7(12)14-8(10)13/h1-3,11H,9H2,(H2,10,13). The van der Waals surface area contributed by atoms with E-state index in [1.54, 1.807) is 0 Å². The highest BCUT2D eigenvalue weighted by atomic mass is 16.6. The summed E-state index contributed by atoms with van der Waals surface area (Å²) in [5, 5.41) is 9.24. The quantitative estimate of drug-likeness (QED) is 0.337. The summed E-state index contributed by atoms with van der Waals surface area (Å²) in [5.74, 6) is -1.38. The summed E-state index contributed by atoms with van der Waals surface area (Å²) in [4.78, 5) is 21.3. The number of esters is 1. The van der Waals surface area contributed by atoms with Crippen molar-refractivity contribution in [3.05, 3.63) is 23.8 Å². The number of phenols is 1. The smallest absolute Gasteiger partial charge is 0.412 e. The predicted molar refractivity (Wildman–Crippen MR) is 47.5 cm³/mol. The van der Waals surface area contributed by atoms with Crippen LogP contribution in [0, 0.1) is 0 Å². The molecule has 6 nitrogen and oxygen atoms in total. The van der Waals surface area contributed by atoms with E-state index in [0.717, 1.165) is 6.07 Å². The predicted octanol–water partition coefficient (Wildman–Crippen LogP) is 0.210. The average molecular weight is 196 g/mol. The summed E-state index contributed by atoms with van der Waals surface area (Å²) >= 11 is 0. The molecule has 0 unspecified atom stereocenters. The van der Waals surface area contributed by atoms with Crippen molar-refractivity contribution in [1.82, 2.24) is 0 Å². The molecule has 5 N–H and O–H groups in total. The molecule has 0 fully saturated rings. The number of rotatable bonds is 1. The van der Waals surface area contributed by atoms with Crippen LogP contribution >= 0.6 is 0 Å². The van der Waals surface area contributed by atoms with Gasteiger partial charge in [0.15, 0.2) is 0 Å². The molecule has 0 aliphatic carbocycles. The molecule has 0 aromatic heterocycles. The summed E-state index contributed by atoms with van der Waals surface area (Å²) in [5.41, 5.74) is 10.1. The Morgan fingerprint density at radius 3 is 2.50 bits per heavy atom. The molecule has 1 amide bonds. The molecule has 74 valence electrons. The minimum atomic E-state index is -1.23. The number of phenolic OH excluding ortho intramolecular Hbond substituents is 1. The molecule has 14 heavy (non-hydrogen) atoms. The number of anilines is 1. The Morgan fingerprint density at radius 2 is 2.00 bits per heavy atom. The topological polar surface area (TPSA) is 116 Å². The summed E-state index contributed by atoms with van der Waals surface area (Å²) < 4.78 is 4.06. The van der Waals surface area contributed by atoms with Crippen molar-refractivity contribution in [2.24, 2.45) is 5.73 Å². The summed E-state index contributed by atoms with van der Waals surface area (Å²) in [7, 11) is 0. The van der Waals surface area contributed by atoms with Gasteiger partial charge in [-0.25, -0.2) is 9.59 Å². The van der Waals surface area contributed by atoms with Gasteiger partial charge in [0, 0.05) is 11.8 Å². The zero-order valence-corrected chi connectivity index (χ0v) is 7.06. The summed E-state index contributed by atoms with van der Waals surface area (Å²) in [6.07, 6.45) is -1.23.